The van der Waals surface area contributed by atoms with Crippen molar-refractivity contribution >= 4 is 9.84 Å². The normalized spacial score (nSPS) is 19.9. The zero-order valence-electron chi connectivity index (χ0n) is 17.3. The molecule has 0 saturated heterocycles. The lowest BCUT2D eigenvalue weighted by Crippen LogP contribution is -2.52. The van der Waals surface area contributed by atoms with Crippen LogP contribution in [0.4, 0.5) is 0 Å². The first kappa shape index (κ1) is 21.1. The Kier molecular flexibility index (Phi) is 5.15. The fraction of sp³-hybridized carbons (Fsp3) is 0.261. The SMILES string of the molecule is COc1ccccc1S(=O)(=O)c1ccc2c(c1)[C@H](n1ccccc1=O)[C@@H](O)C(C)(C)O2. The molecule has 0 aliphatic carbocycles. The van der Waals surface area contributed by atoms with E-state index < -0.39 is 27.6 Å². The van der Waals surface area contributed by atoms with Gasteiger partial charge < -0.3 is 19.1 Å². The van der Waals surface area contributed by atoms with Crippen molar-refractivity contribution in [3.8, 4) is 11.5 Å². The van der Waals surface area contributed by atoms with Crippen molar-refractivity contribution in [3.63, 3.8) is 0 Å². The summed E-state index contributed by atoms with van der Waals surface area (Å²) in [6.45, 7) is 3.45. The average Bonchev–Trinajstić information content (AvgIpc) is 2.75. The molecule has 7 nitrogen and oxygen atoms in total. The van der Waals surface area contributed by atoms with Crippen LogP contribution in [-0.2, 0) is 9.84 Å². The molecule has 31 heavy (non-hydrogen) atoms. The minimum absolute atomic E-state index is 0.0141. The van der Waals surface area contributed by atoms with E-state index >= 15 is 0 Å². The molecule has 2 aromatic carbocycles. The quantitative estimate of drug-likeness (QED) is 0.669. The van der Waals surface area contributed by atoms with Gasteiger partial charge >= 0.3 is 0 Å². The highest BCUT2D eigenvalue weighted by atomic mass is 32.2. The highest BCUT2D eigenvalue weighted by Crippen LogP contribution is 2.43. The van der Waals surface area contributed by atoms with Crippen LogP contribution in [0.2, 0.25) is 0 Å². The van der Waals surface area contributed by atoms with Gasteiger partial charge in [0.15, 0.2) is 0 Å². The van der Waals surface area contributed by atoms with Gasteiger partial charge in [0.1, 0.15) is 28.1 Å². The highest BCUT2D eigenvalue weighted by molar-refractivity contribution is 7.91. The first-order valence-electron chi connectivity index (χ1n) is 9.73. The number of aliphatic hydroxyl groups excluding tert-OH is 1. The number of nitrogens with zero attached hydrogens (tertiary/aromatic N) is 1. The van der Waals surface area contributed by atoms with Crippen LogP contribution in [0.25, 0.3) is 0 Å². The molecular formula is C23H23NO6S. The summed E-state index contributed by atoms with van der Waals surface area (Å²) >= 11 is 0. The zero-order chi connectivity index (χ0) is 22.4. The van der Waals surface area contributed by atoms with Gasteiger partial charge in [0.2, 0.25) is 9.84 Å². The van der Waals surface area contributed by atoms with E-state index in [-0.39, 0.29) is 21.1 Å². The summed E-state index contributed by atoms with van der Waals surface area (Å²) in [6, 6.07) is 14.7. The first-order chi connectivity index (χ1) is 14.7. The van der Waals surface area contributed by atoms with Crippen LogP contribution in [0.15, 0.2) is 81.4 Å². The Morgan fingerprint density at radius 1 is 1.06 bits per heavy atom. The Morgan fingerprint density at radius 3 is 2.48 bits per heavy atom. The molecule has 4 rings (SSSR count). The predicted molar refractivity (Wildman–Crippen MR) is 114 cm³/mol. The van der Waals surface area contributed by atoms with Gasteiger partial charge in [0.05, 0.1) is 18.0 Å². The number of fused-ring (bicyclic) bond motifs is 1. The molecule has 1 aliphatic rings. The van der Waals surface area contributed by atoms with Crippen LogP contribution in [0.5, 0.6) is 11.5 Å². The van der Waals surface area contributed by atoms with Crippen molar-refractivity contribution < 1.29 is 23.0 Å². The number of aliphatic hydroxyl groups is 1. The molecule has 8 heteroatoms. The minimum atomic E-state index is -3.93. The third-order valence-corrected chi connectivity index (χ3v) is 7.29. The van der Waals surface area contributed by atoms with E-state index in [1.807, 2.05) is 0 Å². The smallest absolute Gasteiger partial charge is 0.251 e. The zero-order valence-corrected chi connectivity index (χ0v) is 18.2. The first-order valence-corrected chi connectivity index (χ1v) is 11.2. The lowest BCUT2D eigenvalue weighted by atomic mass is 9.86. The number of methoxy groups -OCH3 is 1. The molecule has 0 saturated carbocycles. The Balaban J connectivity index is 1.93. The number of hydrogen-bond donors (Lipinski definition) is 1. The summed E-state index contributed by atoms with van der Waals surface area (Å²) in [6.07, 6.45) is 0.479. The van der Waals surface area contributed by atoms with Gasteiger partial charge in [0, 0.05) is 17.8 Å². The number of rotatable bonds is 4. The van der Waals surface area contributed by atoms with Crippen molar-refractivity contribution in [3.05, 3.63) is 82.8 Å². The van der Waals surface area contributed by atoms with E-state index in [1.54, 1.807) is 56.4 Å². The summed E-state index contributed by atoms with van der Waals surface area (Å²) in [5.74, 6) is 0.642. The molecule has 3 aromatic rings. The second-order valence-electron chi connectivity index (χ2n) is 7.90. The maximum Gasteiger partial charge on any atom is 0.251 e. The van der Waals surface area contributed by atoms with E-state index in [4.69, 9.17) is 9.47 Å². The number of hydrogen-bond acceptors (Lipinski definition) is 6. The van der Waals surface area contributed by atoms with E-state index in [1.165, 1.54) is 35.9 Å². The van der Waals surface area contributed by atoms with Crippen LogP contribution < -0.4 is 15.0 Å². The van der Waals surface area contributed by atoms with E-state index in [2.05, 4.69) is 0 Å². The van der Waals surface area contributed by atoms with Crippen molar-refractivity contribution in [1.82, 2.24) is 4.57 Å². The van der Waals surface area contributed by atoms with Gasteiger partial charge in [0.25, 0.3) is 5.56 Å². The summed E-state index contributed by atoms with van der Waals surface area (Å²) in [5, 5.41) is 11.1. The Labute approximate surface area is 180 Å². The van der Waals surface area contributed by atoms with Gasteiger partial charge in [-0.15, -0.1) is 0 Å². The molecule has 2 atom stereocenters. The summed E-state index contributed by atoms with van der Waals surface area (Å²) in [4.78, 5) is 12.6. The molecule has 0 amide bonds. The minimum Gasteiger partial charge on any atom is -0.495 e. The fourth-order valence-electron chi connectivity index (χ4n) is 3.85. The predicted octanol–water partition coefficient (Wildman–Crippen LogP) is 2.81. The van der Waals surface area contributed by atoms with Crippen molar-refractivity contribution in [2.75, 3.05) is 7.11 Å². The molecule has 0 radical (unpaired) electrons. The molecule has 1 aliphatic heterocycles. The van der Waals surface area contributed by atoms with Crippen LogP contribution in [0, 0.1) is 0 Å². The largest absolute Gasteiger partial charge is 0.495 e. The number of benzene rings is 2. The number of ether oxygens (including phenoxy) is 2. The number of pyridine rings is 1. The standard InChI is InChI=1S/C23H23NO6S/c1-23(2)22(26)21(24-13-7-6-10-20(24)25)16-14-15(11-12-17(16)30-23)31(27,28)19-9-5-4-8-18(19)29-3/h4-14,21-22,26H,1-3H3/t21-,22+/m0/s1. The van der Waals surface area contributed by atoms with E-state index in [0.29, 0.717) is 11.3 Å². The third-order valence-electron chi connectivity index (χ3n) is 5.50. The van der Waals surface area contributed by atoms with Gasteiger partial charge in [-0.05, 0) is 50.2 Å². The highest BCUT2D eigenvalue weighted by Gasteiger charge is 2.44. The van der Waals surface area contributed by atoms with Crippen molar-refractivity contribution in [2.24, 2.45) is 0 Å². The van der Waals surface area contributed by atoms with E-state index in [9.17, 15) is 18.3 Å². The maximum absolute atomic E-state index is 13.4. The molecular weight excluding hydrogens is 418 g/mol. The topological polar surface area (TPSA) is 94.8 Å². The summed E-state index contributed by atoms with van der Waals surface area (Å²) in [5.41, 5.74) is -0.889. The fourth-order valence-corrected chi connectivity index (χ4v) is 5.31. The molecule has 162 valence electrons. The maximum atomic E-state index is 13.4. The monoisotopic (exact) mass is 441 g/mol. The molecule has 0 unspecified atom stereocenters. The van der Waals surface area contributed by atoms with Gasteiger partial charge in [-0.3, -0.25) is 4.79 Å². The number of para-hydroxylation sites is 1. The Morgan fingerprint density at radius 2 is 1.77 bits per heavy atom. The summed E-state index contributed by atoms with van der Waals surface area (Å²) < 4.78 is 39.3. The lowest BCUT2D eigenvalue weighted by molar-refractivity contribution is -0.0643. The lowest BCUT2D eigenvalue weighted by Gasteiger charge is -2.42. The Bertz CT molecular complexity index is 1300. The summed E-state index contributed by atoms with van der Waals surface area (Å²) in [7, 11) is -2.52. The molecule has 2 heterocycles. The second-order valence-corrected chi connectivity index (χ2v) is 9.81. The molecule has 0 spiro atoms. The third kappa shape index (κ3) is 3.51. The van der Waals surface area contributed by atoms with Crippen LogP contribution in [-0.4, -0.2) is 36.9 Å². The number of aromatic nitrogens is 1. The van der Waals surface area contributed by atoms with Crippen molar-refractivity contribution in [1.29, 1.82) is 0 Å². The molecule has 0 fully saturated rings. The molecule has 0 bridgehead atoms. The van der Waals surface area contributed by atoms with Gasteiger partial charge in [-0.1, -0.05) is 18.2 Å². The molecule has 1 aromatic heterocycles. The van der Waals surface area contributed by atoms with Crippen molar-refractivity contribution in [2.45, 2.75) is 41.4 Å². The molecule has 1 N–H and O–H groups in total. The second kappa shape index (κ2) is 7.55. The number of sulfone groups is 1. The Hall–Kier alpha value is -3.10. The van der Waals surface area contributed by atoms with Crippen LogP contribution in [0.1, 0.15) is 25.5 Å². The van der Waals surface area contributed by atoms with Gasteiger partial charge in [-0.25, -0.2) is 8.42 Å². The van der Waals surface area contributed by atoms with Gasteiger partial charge in [-0.2, -0.15) is 0 Å². The van der Waals surface area contributed by atoms with Crippen LogP contribution in [0.3, 0.4) is 0 Å². The van der Waals surface area contributed by atoms with Crippen LogP contribution >= 0.6 is 0 Å². The van der Waals surface area contributed by atoms with E-state index in [0.717, 1.165) is 0 Å². The average molecular weight is 442 g/mol.